The van der Waals surface area contributed by atoms with Gasteiger partial charge in [-0.1, -0.05) is 12.1 Å². The number of aromatic nitrogens is 2. The van der Waals surface area contributed by atoms with Crippen LogP contribution in [0.1, 0.15) is 40.4 Å². The molecule has 1 aliphatic heterocycles. The second-order valence-electron chi connectivity index (χ2n) is 7.00. The second kappa shape index (κ2) is 6.59. The zero-order valence-electron chi connectivity index (χ0n) is 14.3. The summed E-state index contributed by atoms with van der Waals surface area (Å²) < 4.78 is 21.5. The van der Waals surface area contributed by atoms with Crippen LogP contribution in [0.25, 0.3) is 0 Å². The molecule has 2 aromatic rings. The number of nitrogens with zero attached hydrogens (tertiary/aromatic N) is 3. The van der Waals surface area contributed by atoms with Gasteiger partial charge in [-0.3, -0.25) is 9.48 Å². The zero-order valence-corrected chi connectivity index (χ0v) is 14.3. The van der Waals surface area contributed by atoms with Gasteiger partial charge in [0.05, 0.1) is 24.1 Å². The normalized spacial score (nSPS) is 19.8. The third kappa shape index (κ3) is 3.18. The van der Waals surface area contributed by atoms with Crippen molar-refractivity contribution in [2.45, 2.75) is 31.8 Å². The van der Waals surface area contributed by atoms with E-state index < -0.39 is 5.82 Å². The molecule has 4 rings (SSSR count). The first-order valence-corrected chi connectivity index (χ1v) is 8.74. The maximum atomic E-state index is 14.0. The Morgan fingerprint density at radius 2 is 2.16 bits per heavy atom. The number of halogens is 1. The van der Waals surface area contributed by atoms with Crippen LogP contribution < -0.4 is 0 Å². The number of benzene rings is 1. The van der Waals surface area contributed by atoms with Gasteiger partial charge < -0.3 is 9.64 Å². The van der Waals surface area contributed by atoms with Crippen LogP contribution in [-0.4, -0.2) is 40.8 Å². The highest BCUT2D eigenvalue weighted by atomic mass is 19.1. The fraction of sp³-hybridized carbons (Fsp3) is 0.474. The van der Waals surface area contributed by atoms with Crippen molar-refractivity contribution < 1.29 is 13.9 Å². The van der Waals surface area contributed by atoms with Gasteiger partial charge in [-0.2, -0.15) is 5.10 Å². The number of hydrogen-bond donors (Lipinski definition) is 0. The lowest BCUT2D eigenvalue weighted by atomic mass is 9.96. The molecule has 0 radical (unpaired) electrons. The molecule has 1 fully saturated rings. The molecule has 1 saturated carbocycles. The van der Waals surface area contributed by atoms with Gasteiger partial charge in [-0.25, -0.2) is 4.39 Å². The van der Waals surface area contributed by atoms with Crippen LogP contribution in [0.5, 0.6) is 0 Å². The van der Waals surface area contributed by atoms with Crippen molar-refractivity contribution in [3.63, 3.8) is 0 Å². The molecule has 0 bridgehead atoms. The van der Waals surface area contributed by atoms with Crippen molar-refractivity contribution in [1.82, 2.24) is 14.7 Å². The van der Waals surface area contributed by atoms with Crippen molar-refractivity contribution in [3.05, 3.63) is 53.1 Å². The number of ether oxygens (including phenoxy) is 1. The van der Waals surface area contributed by atoms with Crippen LogP contribution in [0.2, 0.25) is 0 Å². The molecule has 1 atom stereocenters. The van der Waals surface area contributed by atoms with Gasteiger partial charge >= 0.3 is 0 Å². The highest BCUT2D eigenvalue weighted by Crippen LogP contribution is 2.34. The van der Waals surface area contributed by atoms with Crippen molar-refractivity contribution in [2.75, 3.05) is 20.3 Å². The van der Waals surface area contributed by atoms with Gasteiger partial charge in [0, 0.05) is 38.2 Å². The Kier molecular flexibility index (Phi) is 4.29. The molecule has 0 saturated heterocycles. The van der Waals surface area contributed by atoms with E-state index in [4.69, 9.17) is 4.74 Å². The van der Waals surface area contributed by atoms with Gasteiger partial charge in [0.25, 0.3) is 5.91 Å². The van der Waals surface area contributed by atoms with Crippen LogP contribution in [0.15, 0.2) is 30.5 Å². The van der Waals surface area contributed by atoms with Crippen molar-refractivity contribution in [3.8, 4) is 0 Å². The first-order valence-electron chi connectivity index (χ1n) is 8.74. The highest BCUT2D eigenvalue weighted by Gasteiger charge is 2.34. The Labute approximate surface area is 146 Å². The van der Waals surface area contributed by atoms with Gasteiger partial charge in [-0.15, -0.1) is 0 Å². The topological polar surface area (TPSA) is 47.4 Å². The molecule has 6 heteroatoms. The fourth-order valence-corrected chi connectivity index (χ4v) is 3.63. The lowest BCUT2D eigenvalue weighted by molar-refractivity contribution is 0.0670. The number of carbonyl (C=O) groups is 1. The lowest BCUT2D eigenvalue weighted by Crippen LogP contribution is -2.40. The number of rotatable bonds is 5. The maximum Gasteiger partial charge on any atom is 0.257 e. The molecule has 2 aliphatic rings. The minimum atomic E-state index is -0.481. The molecule has 132 valence electrons. The van der Waals surface area contributed by atoms with Crippen molar-refractivity contribution in [2.24, 2.45) is 5.92 Å². The predicted molar refractivity (Wildman–Crippen MR) is 90.7 cm³/mol. The predicted octanol–water partition coefficient (Wildman–Crippen LogP) is 2.82. The SMILES string of the molecule is COC[C@@H]1CN(C(=O)c2ccccc2F)Cc2cnn(CC3CC3)c21. The molecule has 1 aromatic carbocycles. The summed E-state index contributed by atoms with van der Waals surface area (Å²) in [5, 5.41) is 4.54. The summed E-state index contributed by atoms with van der Waals surface area (Å²) in [6.07, 6.45) is 4.38. The van der Waals surface area contributed by atoms with Crippen molar-refractivity contribution in [1.29, 1.82) is 0 Å². The van der Waals surface area contributed by atoms with Crippen LogP contribution in [0.4, 0.5) is 4.39 Å². The molecule has 25 heavy (non-hydrogen) atoms. The lowest BCUT2D eigenvalue weighted by Gasteiger charge is -2.33. The summed E-state index contributed by atoms with van der Waals surface area (Å²) in [6, 6.07) is 6.14. The van der Waals surface area contributed by atoms with Gasteiger partial charge in [0.2, 0.25) is 0 Å². The fourth-order valence-electron chi connectivity index (χ4n) is 3.63. The average Bonchev–Trinajstić information content (AvgIpc) is 3.34. The molecule has 0 unspecified atom stereocenters. The minimum Gasteiger partial charge on any atom is -0.384 e. The molecule has 1 amide bonds. The number of hydrogen-bond acceptors (Lipinski definition) is 3. The maximum absolute atomic E-state index is 14.0. The van der Waals surface area contributed by atoms with E-state index in [1.165, 1.54) is 30.7 Å². The van der Waals surface area contributed by atoms with Crippen LogP contribution >= 0.6 is 0 Å². The summed E-state index contributed by atoms with van der Waals surface area (Å²) in [4.78, 5) is 14.5. The summed E-state index contributed by atoms with van der Waals surface area (Å²) >= 11 is 0. The Balaban J connectivity index is 1.61. The van der Waals surface area contributed by atoms with Gasteiger partial charge in [0.15, 0.2) is 0 Å². The zero-order chi connectivity index (χ0) is 17.4. The van der Waals surface area contributed by atoms with Crippen LogP contribution in [0.3, 0.4) is 0 Å². The summed E-state index contributed by atoms with van der Waals surface area (Å²) in [7, 11) is 1.67. The molecule has 2 heterocycles. The van der Waals surface area contributed by atoms with E-state index in [1.54, 1.807) is 24.1 Å². The first-order chi connectivity index (χ1) is 12.2. The van der Waals surface area contributed by atoms with Gasteiger partial charge in [-0.05, 0) is 30.9 Å². The summed E-state index contributed by atoms with van der Waals surface area (Å²) in [5.74, 6) is 0.0295. The number of amides is 1. The third-order valence-corrected chi connectivity index (χ3v) is 5.04. The van der Waals surface area contributed by atoms with E-state index in [9.17, 15) is 9.18 Å². The average molecular weight is 343 g/mol. The van der Waals surface area contributed by atoms with Crippen molar-refractivity contribution >= 4 is 5.91 Å². The third-order valence-electron chi connectivity index (χ3n) is 5.04. The van der Waals surface area contributed by atoms with E-state index in [-0.39, 0.29) is 17.4 Å². The molecular weight excluding hydrogens is 321 g/mol. The van der Waals surface area contributed by atoms with E-state index in [2.05, 4.69) is 9.78 Å². The Morgan fingerprint density at radius 1 is 1.36 bits per heavy atom. The van der Waals surface area contributed by atoms with E-state index in [0.717, 1.165) is 18.0 Å². The van der Waals surface area contributed by atoms with Crippen LogP contribution in [0, 0.1) is 11.7 Å². The highest BCUT2D eigenvalue weighted by molar-refractivity contribution is 5.94. The Hall–Kier alpha value is -2.21. The minimum absolute atomic E-state index is 0.0609. The molecule has 0 N–H and O–H groups in total. The second-order valence-corrected chi connectivity index (χ2v) is 7.00. The molecule has 5 nitrogen and oxygen atoms in total. The first kappa shape index (κ1) is 16.3. The van der Waals surface area contributed by atoms with E-state index in [0.29, 0.717) is 19.7 Å². The summed E-state index contributed by atoms with van der Waals surface area (Å²) in [6.45, 7) is 2.44. The number of fused-ring (bicyclic) bond motifs is 1. The molecule has 0 spiro atoms. The molecule has 1 aliphatic carbocycles. The summed E-state index contributed by atoms with van der Waals surface area (Å²) in [5.41, 5.74) is 2.33. The van der Waals surface area contributed by atoms with Crippen LogP contribution in [-0.2, 0) is 17.8 Å². The Morgan fingerprint density at radius 3 is 2.88 bits per heavy atom. The number of carbonyl (C=O) groups excluding carboxylic acids is 1. The Bertz CT molecular complexity index is 785. The van der Waals surface area contributed by atoms with Gasteiger partial charge in [0.1, 0.15) is 5.82 Å². The van der Waals surface area contributed by atoms with E-state index in [1.807, 2.05) is 6.20 Å². The standard InChI is InChI=1S/C19H22FN3O2/c1-25-12-15-11-22(19(24)16-4-2-3-5-17(16)20)10-14-8-21-23(18(14)15)9-13-6-7-13/h2-5,8,13,15H,6-7,9-12H2,1H3/t15-/m0/s1. The smallest absolute Gasteiger partial charge is 0.257 e. The monoisotopic (exact) mass is 343 g/mol. The quantitative estimate of drug-likeness (QED) is 0.839. The molecular formula is C19H22FN3O2. The largest absolute Gasteiger partial charge is 0.384 e. The van der Waals surface area contributed by atoms with E-state index >= 15 is 0 Å². The molecule has 1 aromatic heterocycles. The number of methoxy groups -OCH3 is 1.